The Morgan fingerprint density at radius 1 is 1.64 bits per heavy atom. The Morgan fingerprint density at radius 2 is 2.36 bits per heavy atom. The van der Waals surface area contributed by atoms with Crippen LogP contribution in [0.3, 0.4) is 0 Å². The number of nitrogens with one attached hydrogen (secondary N) is 1. The first-order valence-corrected chi connectivity index (χ1v) is 4.85. The molecule has 4 heteroatoms. The first-order chi connectivity index (χ1) is 6.52. The molecule has 4 nitrogen and oxygen atoms in total. The molecule has 1 aromatic rings. The lowest BCUT2D eigenvalue weighted by Crippen LogP contribution is -2.41. The van der Waals surface area contributed by atoms with Crippen molar-refractivity contribution in [1.82, 2.24) is 10.5 Å². The van der Waals surface area contributed by atoms with E-state index in [1.807, 2.05) is 20.8 Å². The third-order valence-corrected chi connectivity index (χ3v) is 2.52. The van der Waals surface area contributed by atoms with E-state index in [1.165, 1.54) is 6.26 Å². The number of nitrogens with zero attached hydrogens (tertiary/aromatic N) is 1. The Hall–Kier alpha value is -0.870. The summed E-state index contributed by atoms with van der Waals surface area (Å²) in [4.78, 5) is 0. The van der Waals surface area contributed by atoms with Crippen molar-refractivity contribution in [3.05, 3.63) is 18.0 Å². The maximum Gasteiger partial charge on any atom is 0.124 e. The highest BCUT2D eigenvalue weighted by Gasteiger charge is 2.23. The quantitative estimate of drug-likeness (QED) is 0.745. The predicted molar refractivity (Wildman–Crippen MR) is 53.7 cm³/mol. The van der Waals surface area contributed by atoms with Crippen LogP contribution >= 0.6 is 0 Å². The van der Waals surface area contributed by atoms with Crippen LogP contribution < -0.4 is 5.32 Å². The third-order valence-electron chi connectivity index (χ3n) is 2.52. The van der Waals surface area contributed by atoms with E-state index in [1.54, 1.807) is 6.07 Å². The van der Waals surface area contributed by atoms with Gasteiger partial charge in [0.15, 0.2) is 0 Å². The maximum atomic E-state index is 9.91. The number of hydrogen-bond donors (Lipinski definition) is 2. The molecule has 0 aliphatic carbocycles. The second-order valence-corrected chi connectivity index (χ2v) is 4.11. The van der Waals surface area contributed by atoms with Gasteiger partial charge in [-0.1, -0.05) is 19.0 Å². The lowest BCUT2D eigenvalue weighted by Gasteiger charge is -2.27. The first-order valence-electron chi connectivity index (χ1n) is 4.85. The smallest absolute Gasteiger partial charge is 0.124 e. The van der Waals surface area contributed by atoms with Crippen molar-refractivity contribution in [2.24, 2.45) is 5.92 Å². The van der Waals surface area contributed by atoms with Gasteiger partial charge in [-0.25, -0.2) is 0 Å². The third kappa shape index (κ3) is 3.12. The molecule has 0 aliphatic rings. The molecule has 1 atom stereocenters. The standard InChI is InChI=1S/C10H18N2O2/c1-8(2)10(3,13)7-11-6-9-4-5-14-12-9/h4-5,8,11,13H,6-7H2,1-3H3. The molecule has 0 saturated carbocycles. The Kier molecular flexibility index (Phi) is 3.66. The van der Waals surface area contributed by atoms with Crippen LogP contribution in [0.4, 0.5) is 0 Å². The minimum Gasteiger partial charge on any atom is -0.389 e. The van der Waals surface area contributed by atoms with Gasteiger partial charge in [-0.05, 0) is 12.8 Å². The normalized spacial score (nSPS) is 15.8. The summed E-state index contributed by atoms with van der Waals surface area (Å²) < 4.78 is 4.69. The fourth-order valence-electron chi connectivity index (χ4n) is 0.976. The summed E-state index contributed by atoms with van der Waals surface area (Å²) >= 11 is 0. The average Bonchev–Trinajstić information content (AvgIpc) is 2.56. The zero-order valence-electron chi connectivity index (χ0n) is 8.95. The van der Waals surface area contributed by atoms with Gasteiger partial charge in [-0.2, -0.15) is 0 Å². The number of aromatic nitrogens is 1. The van der Waals surface area contributed by atoms with Gasteiger partial charge < -0.3 is 14.9 Å². The van der Waals surface area contributed by atoms with Crippen molar-refractivity contribution >= 4 is 0 Å². The summed E-state index contributed by atoms with van der Waals surface area (Å²) in [5, 5.41) is 16.8. The van der Waals surface area contributed by atoms with Crippen molar-refractivity contribution in [3.63, 3.8) is 0 Å². The van der Waals surface area contributed by atoms with E-state index < -0.39 is 5.60 Å². The molecule has 0 radical (unpaired) electrons. The molecule has 0 fully saturated rings. The maximum absolute atomic E-state index is 9.91. The van der Waals surface area contributed by atoms with Crippen LogP contribution in [0.15, 0.2) is 16.9 Å². The lowest BCUT2D eigenvalue weighted by molar-refractivity contribution is 0.0139. The SMILES string of the molecule is CC(C)C(C)(O)CNCc1ccon1. The molecule has 1 heterocycles. The Morgan fingerprint density at radius 3 is 2.86 bits per heavy atom. The van der Waals surface area contributed by atoms with Crippen LogP contribution in [0, 0.1) is 5.92 Å². The topological polar surface area (TPSA) is 58.3 Å². The lowest BCUT2D eigenvalue weighted by atomic mass is 9.92. The van der Waals surface area contributed by atoms with Gasteiger partial charge in [-0.3, -0.25) is 0 Å². The summed E-state index contributed by atoms with van der Waals surface area (Å²) in [5.74, 6) is 0.229. The summed E-state index contributed by atoms with van der Waals surface area (Å²) in [7, 11) is 0. The first kappa shape index (κ1) is 11.2. The second kappa shape index (κ2) is 4.57. The summed E-state index contributed by atoms with van der Waals surface area (Å²) in [6.07, 6.45) is 1.54. The summed E-state index contributed by atoms with van der Waals surface area (Å²) in [5.41, 5.74) is 0.175. The number of hydrogen-bond acceptors (Lipinski definition) is 4. The minimum absolute atomic E-state index is 0.229. The average molecular weight is 198 g/mol. The molecule has 0 aliphatic heterocycles. The van der Waals surface area contributed by atoms with E-state index in [9.17, 15) is 5.11 Å². The highest BCUT2D eigenvalue weighted by molar-refractivity contribution is 4.94. The van der Waals surface area contributed by atoms with Crippen molar-refractivity contribution < 1.29 is 9.63 Å². The van der Waals surface area contributed by atoms with Crippen LogP contribution in [0.5, 0.6) is 0 Å². The molecule has 0 aromatic carbocycles. The number of aliphatic hydroxyl groups is 1. The van der Waals surface area contributed by atoms with E-state index in [2.05, 4.69) is 10.5 Å². The van der Waals surface area contributed by atoms with Crippen molar-refractivity contribution in [3.8, 4) is 0 Å². The Labute approximate surface area is 84.3 Å². The fourth-order valence-corrected chi connectivity index (χ4v) is 0.976. The monoisotopic (exact) mass is 198 g/mol. The van der Waals surface area contributed by atoms with Crippen molar-refractivity contribution in [2.45, 2.75) is 32.9 Å². The van der Waals surface area contributed by atoms with Gasteiger partial charge in [0, 0.05) is 19.2 Å². The molecule has 0 bridgehead atoms. The highest BCUT2D eigenvalue weighted by atomic mass is 16.5. The van der Waals surface area contributed by atoms with Gasteiger partial charge in [0.2, 0.25) is 0 Å². The van der Waals surface area contributed by atoms with Gasteiger partial charge in [-0.15, -0.1) is 0 Å². The van der Waals surface area contributed by atoms with Gasteiger partial charge in [0.25, 0.3) is 0 Å². The zero-order valence-corrected chi connectivity index (χ0v) is 8.95. The molecule has 1 unspecified atom stereocenters. The van der Waals surface area contributed by atoms with Crippen molar-refractivity contribution in [1.29, 1.82) is 0 Å². The van der Waals surface area contributed by atoms with E-state index in [0.29, 0.717) is 13.1 Å². The highest BCUT2D eigenvalue weighted by Crippen LogP contribution is 2.14. The van der Waals surface area contributed by atoms with Gasteiger partial charge in [0.1, 0.15) is 6.26 Å². The summed E-state index contributed by atoms with van der Waals surface area (Å²) in [6, 6.07) is 1.80. The molecule has 1 rings (SSSR count). The fraction of sp³-hybridized carbons (Fsp3) is 0.700. The molecule has 80 valence electrons. The second-order valence-electron chi connectivity index (χ2n) is 4.11. The molecule has 0 amide bonds. The molecular weight excluding hydrogens is 180 g/mol. The molecule has 0 spiro atoms. The summed E-state index contributed by atoms with van der Waals surface area (Å²) in [6.45, 7) is 7.00. The Balaban J connectivity index is 2.28. The van der Waals surface area contributed by atoms with Crippen LogP contribution in [-0.2, 0) is 6.54 Å². The zero-order chi connectivity index (χ0) is 10.6. The molecule has 14 heavy (non-hydrogen) atoms. The van der Waals surface area contributed by atoms with Crippen LogP contribution in [0.2, 0.25) is 0 Å². The van der Waals surface area contributed by atoms with E-state index >= 15 is 0 Å². The van der Waals surface area contributed by atoms with Crippen LogP contribution in [0.25, 0.3) is 0 Å². The Bertz CT molecular complexity index is 255. The molecule has 0 saturated heterocycles. The largest absolute Gasteiger partial charge is 0.389 e. The van der Waals surface area contributed by atoms with Crippen LogP contribution in [0.1, 0.15) is 26.5 Å². The van der Waals surface area contributed by atoms with E-state index in [0.717, 1.165) is 5.69 Å². The molecular formula is C10H18N2O2. The predicted octanol–water partition coefficient (Wildman–Crippen LogP) is 1.17. The van der Waals surface area contributed by atoms with Gasteiger partial charge in [0.05, 0.1) is 11.3 Å². The van der Waals surface area contributed by atoms with E-state index in [-0.39, 0.29) is 5.92 Å². The minimum atomic E-state index is -0.677. The van der Waals surface area contributed by atoms with Crippen LogP contribution in [-0.4, -0.2) is 22.4 Å². The van der Waals surface area contributed by atoms with Crippen molar-refractivity contribution in [2.75, 3.05) is 6.54 Å². The van der Waals surface area contributed by atoms with E-state index in [4.69, 9.17) is 4.52 Å². The number of rotatable bonds is 5. The van der Waals surface area contributed by atoms with Gasteiger partial charge >= 0.3 is 0 Å². The molecule has 2 N–H and O–H groups in total. The molecule has 1 aromatic heterocycles.